The van der Waals surface area contributed by atoms with Crippen molar-refractivity contribution in [1.29, 1.82) is 0 Å². The summed E-state index contributed by atoms with van der Waals surface area (Å²) in [5, 5.41) is 15.2. The van der Waals surface area contributed by atoms with E-state index in [9.17, 15) is 4.79 Å². The molecule has 0 fully saturated rings. The molecule has 0 aliphatic carbocycles. The molecule has 8 heteroatoms. The molecule has 0 bridgehead atoms. The van der Waals surface area contributed by atoms with Crippen molar-refractivity contribution in [3.05, 3.63) is 52.9 Å². The third-order valence-corrected chi connectivity index (χ3v) is 5.94. The lowest BCUT2D eigenvalue weighted by Crippen LogP contribution is -2.30. The highest BCUT2D eigenvalue weighted by molar-refractivity contribution is 7.13. The topological polar surface area (TPSA) is 77.6 Å². The van der Waals surface area contributed by atoms with Crippen LogP contribution in [-0.4, -0.2) is 30.5 Å². The molecule has 4 aromatic rings. The van der Waals surface area contributed by atoms with Crippen molar-refractivity contribution in [2.24, 2.45) is 0 Å². The van der Waals surface area contributed by atoms with E-state index in [1.54, 1.807) is 22.2 Å². The Morgan fingerprint density at radius 3 is 2.76 bits per heavy atom. The molecule has 0 saturated heterocycles. The Hall–Kier alpha value is -3.00. The summed E-state index contributed by atoms with van der Waals surface area (Å²) in [6.45, 7) is 8.86. The average molecular weight is 409 g/mol. The van der Waals surface area contributed by atoms with Gasteiger partial charge in [0.25, 0.3) is 0 Å². The predicted molar refractivity (Wildman–Crippen MR) is 115 cm³/mol. The number of aryl methyl sites for hydroxylation is 3. The van der Waals surface area contributed by atoms with Crippen LogP contribution in [-0.2, 0) is 17.9 Å². The first-order valence-corrected chi connectivity index (χ1v) is 10.5. The van der Waals surface area contributed by atoms with E-state index in [1.807, 2.05) is 50.7 Å². The van der Waals surface area contributed by atoms with Crippen LogP contribution in [0.3, 0.4) is 0 Å². The molecule has 0 spiro atoms. The summed E-state index contributed by atoms with van der Waals surface area (Å²) in [5.74, 6) is -0.103. The number of nitrogens with zero attached hydrogens (tertiary/aromatic N) is 5. The number of amides is 1. The molecule has 1 unspecified atom stereocenters. The highest BCUT2D eigenvalue weighted by atomic mass is 32.1. The van der Waals surface area contributed by atoms with Crippen LogP contribution in [0.1, 0.15) is 36.8 Å². The number of fused-ring (bicyclic) bond motifs is 1. The van der Waals surface area contributed by atoms with Crippen molar-refractivity contribution in [2.75, 3.05) is 0 Å². The van der Waals surface area contributed by atoms with Crippen molar-refractivity contribution in [1.82, 2.24) is 29.9 Å². The highest BCUT2D eigenvalue weighted by Gasteiger charge is 2.19. The molecule has 1 amide bonds. The maximum absolute atomic E-state index is 12.7. The second kappa shape index (κ2) is 7.79. The van der Waals surface area contributed by atoms with Gasteiger partial charge in [0, 0.05) is 34.9 Å². The molecule has 7 nitrogen and oxygen atoms in total. The van der Waals surface area contributed by atoms with Crippen LogP contribution in [0, 0.1) is 13.8 Å². The van der Waals surface area contributed by atoms with E-state index in [-0.39, 0.29) is 18.5 Å². The fourth-order valence-electron chi connectivity index (χ4n) is 3.65. The highest BCUT2D eigenvalue weighted by Crippen LogP contribution is 2.32. The number of aromatic nitrogens is 5. The van der Waals surface area contributed by atoms with E-state index >= 15 is 0 Å². The van der Waals surface area contributed by atoms with Crippen molar-refractivity contribution in [3.8, 4) is 10.4 Å². The second-order valence-electron chi connectivity index (χ2n) is 7.09. The summed E-state index contributed by atoms with van der Waals surface area (Å²) in [4.78, 5) is 18.4. The number of hydrogen-bond acceptors (Lipinski definition) is 5. The van der Waals surface area contributed by atoms with Gasteiger partial charge < -0.3 is 5.32 Å². The van der Waals surface area contributed by atoms with Gasteiger partial charge in [0.15, 0.2) is 5.65 Å². The van der Waals surface area contributed by atoms with Crippen LogP contribution in [0.4, 0.5) is 0 Å². The molecular formula is C21H24N6OS. The predicted octanol–water partition coefficient (Wildman–Crippen LogP) is 3.87. The van der Waals surface area contributed by atoms with Gasteiger partial charge in [-0.3, -0.25) is 9.48 Å². The fraction of sp³-hybridized carbons (Fsp3) is 0.333. The maximum atomic E-state index is 12.7. The van der Waals surface area contributed by atoms with E-state index in [2.05, 4.69) is 31.9 Å². The molecule has 0 aliphatic heterocycles. The van der Waals surface area contributed by atoms with Gasteiger partial charge in [-0.2, -0.15) is 10.2 Å². The molecular weight excluding hydrogens is 384 g/mol. The summed E-state index contributed by atoms with van der Waals surface area (Å²) in [7, 11) is 0. The summed E-state index contributed by atoms with van der Waals surface area (Å²) in [6.07, 6.45) is 3.76. The number of thiophene rings is 1. The Morgan fingerprint density at radius 2 is 2.07 bits per heavy atom. The minimum Gasteiger partial charge on any atom is -0.348 e. The molecule has 0 saturated carbocycles. The van der Waals surface area contributed by atoms with Crippen molar-refractivity contribution in [2.45, 2.75) is 46.8 Å². The molecule has 1 N–H and O–H groups in total. The number of pyridine rings is 1. The van der Waals surface area contributed by atoms with Crippen molar-refractivity contribution in [3.63, 3.8) is 0 Å². The summed E-state index contributed by atoms with van der Waals surface area (Å²) in [5.41, 5.74) is 4.66. The molecule has 0 aromatic carbocycles. The number of carbonyl (C=O) groups is 1. The van der Waals surface area contributed by atoms with Gasteiger partial charge in [-0.15, -0.1) is 11.3 Å². The lowest BCUT2D eigenvalue weighted by atomic mass is 10.1. The maximum Gasteiger partial charge on any atom is 0.242 e. The number of carbonyl (C=O) groups excluding carboxylic acids is 1. The third kappa shape index (κ3) is 3.67. The van der Waals surface area contributed by atoms with Crippen LogP contribution in [0.15, 0.2) is 36.0 Å². The van der Waals surface area contributed by atoms with Crippen LogP contribution >= 0.6 is 11.3 Å². The zero-order chi connectivity index (χ0) is 20.5. The van der Waals surface area contributed by atoms with E-state index in [4.69, 9.17) is 0 Å². The SMILES string of the molecule is CCn1cc(C(C)NC(=O)Cn2nc(C)c3c(-c4cccs4)ccnc32)c(C)n1. The lowest BCUT2D eigenvalue weighted by molar-refractivity contribution is -0.122. The Kier molecular flexibility index (Phi) is 5.19. The first-order chi connectivity index (χ1) is 14.0. The van der Waals surface area contributed by atoms with Gasteiger partial charge in [-0.05, 0) is 45.2 Å². The van der Waals surface area contributed by atoms with Crippen molar-refractivity contribution >= 4 is 28.3 Å². The third-order valence-electron chi connectivity index (χ3n) is 5.04. The van der Waals surface area contributed by atoms with Gasteiger partial charge >= 0.3 is 0 Å². The Bertz CT molecular complexity index is 1160. The first kappa shape index (κ1) is 19.3. The van der Waals surface area contributed by atoms with Gasteiger partial charge in [-0.25, -0.2) is 9.67 Å². The van der Waals surface area contributed by atoms with E-state index < -0.39 is 0 Å². The fourth-order valence-corrected chi connectivity index (χ4v) is 4.41. The Labute approximate surface area is 173 Å². The smallest absolute Gasteiger partial charge is 0.242 e. The van der Waals surface area contributed by atoms with Crippen LogP contribution in [0.5, 0.6) is 0 Å². The quantitative estimate of drug-likeness (QED) is 0.525. The minimum absolute atomic E-state index is 0.103. The standard InChI is InChI=1S/C21H24N6OS/c1-5-26-11-17(14(3)24-26)13(2)23-19(28)12-27-21-20(15(4)25-27)16(8-9-22-21)18-7-6-10-29-18/h6-11,13H,5,12H2,1-4H3,(H,23,28). The largest absolute Gasteiger partial charge is 0.348 e. The zero-order valence-electron chi connectivity index (χ0n) is 17.0. The molecule has 29 heavy (non-hydrogen) atoms. The monoisotopic (exact) mass is 408 g/mol. The number of nitrogens with one attached hydrogen (secondary N) is 1. The molecule has 4 aromatic heterocycles. The minimum atomic E-state index is -0.125. The second-order valence-corrected chi connectivity index (χ2v) is 8.04. The van der Waals surface area contributed by atoms with Crippen LogP contribution in [0.2, 0.25) is 0 Å². The van der Waals surface area contributed by atoms with E-state index in [0.717, 1.165) is 40.1 Å². The van der Waals surface area contributed by atoms with E-state index in [1.165, 1.54) is 4.88 Å². The molecule has 4 heterocycles. The van der Waals surface area contributed by atoms with Crippen molar-refractivity contribution < 1.29 is 4.79 Å². The number of rotatable bonds is 6. The lowest BCUT2D eigenvalue weighted by Gasteiger charge is -2.13. The van der Waals surface area contributed by atoms with Gasteiger partial charge in [0.2, 0.25) is 5.91 Å². The first-order valence-electron chi connectivity index (χ1n) is 9.67. The molecule has 0 radical (unpaired) electrons. The Morgan fingerprint density at radius 1 is 1.24 bits per heavy atom. The number of hydrogen-bond donors (Lipinski definition) is 1. The summed E-state index contributed by atoms with van der Waals surface area (Å²) >= 11 is 1.68. The van der Waals surface area contributed by atoms with Crippen LogP contribution < -0.4 is 5.32 Å². The van der Waals surface area contributed by atoms with Crippen LogP contribution in [0.25, 0.3) is 21.5 Å². The van der Waals surface area contributed by atoms with Gasteiger partial charge in [-0.1, -0.05) is 6.07 Å². The zero-order valence-corrected chi connectivity index (χ0v) is 17.8. The summed E-state index contributed by atoms with van der Waals surface area (Å²) in [6, 6.07) is 6.00. The summed E-state index contributed by atoms with van der Waals surface area (Å²) < 4.78 is 3.57. The normalized spacial score (nSPS) is 12.4. The molecule has 4 rings (SSSR count). The van der Waals surface area contributed by atoms with E-state index in [0.29, 0.717) is 0 Å². The van der Waals surface area contributed by atoms with Gasteiger partial charge in [0.05, 0.1) is 22.8 Å². The molecule has 0 aliphatic rings. The molecule has 1 atom stereocenters. The molecule has 150 valence electrons. The Balaban J connectivity index is 1.57. The van der Waals surface area contributed by atoms with Gasteiger partial charge in [0.1, 0.15) is 6.54 Å². The average Bonchev–Trinajstić information content (AvgIpc) is 3.42.